The Morgan fingerprint density at radius 3 is 1.94 bits per heavy atom. The van der Waals surface area contributed by atoms with Crippen LogP contribution < -0.4 is 15.1 Å². The smallest absolute Gasteiger partial charge is 0.282 e. The van der Waals surface area contributed by atoms with Crippen molar-refractivity contribution in [2.75, 3.05) is 29.2 Å². The number of hydrogen-bond acceptors (Lipinski definition) is 4. The van der Waals surface area contributed by atoms with Gasteiger partial charge in [-0.15, -0.1) is 0 Å². The number of nitrogens with zero attached hydrogens (tertiary/aromatic N) is 2. The van der Waals surface area contributed by atoms with Gasteiger partial charge in [0.25, 0.3) is 11.8 Å². The van der Waals surface area contributed by atoms with Crippen LogP contribution in [0.25, 0.3) is 5.57 Å². The van der Waals surface area contributed by atoms with E-state index in [-0.39, 0.29) is 17.5 Å². The molecule has 0 spiro atoms. The van der Waals surface area contributed by atoms with Crippen molar-refractivity contribution in [3.05, 3.63) is 95.2 Å². The molecule has 0 aliphatic carbocycles. The first-order valence-electron chi connectivity index (χ1n) is 11.1. The number of carbonyl (C=O) groups is 2. The van der Waals surface area contributed by atoms with Crippen LogP contribution in [0.1, 0.15) is 36.5 Å². The van der Waals surface area contributed by atoms with Gasteiger partial charge < -0.3 is 10.2 Å². The number of benzene rings is 3. The Morgan fingerprint density at radius 2 is 1.39 bits per heavy atom. The van der Waals surface area contributed by atoms with Gasteiger partial charge in [0, 0.05) is 25.5 Å². The van der Waals surface area contributed by atoms with Crippen LogP contribution >= 0.6 is 0 Å². The highest BCUT2D eigenvalue weighted by atomic mass is 16.2. The van der Waals surface area contributed by atoms with Crippen molar-refractivity contribution in [2.24, 2.45) is 0 Å². The molecule has 0 fully saturated rings. The second kappa shape index (κ2) is 8.94. The molecule has 0 bridgehead atoms. The lowest BCUT2D eigenvalue weighted by Crippen LogP contribution is -2.32. The van der Waals surface area contributed by atoms with Crippen LogP contribution in [0.3, 0.4) is 0 Å². The average molecular weight is 440 g/mol. The maximum Gasteiger partial charge on any atom is 0.282 e. The fourth-order valence-corrected chi connectivity index (χ4v) is 3.86. The lowest BCUT2D eigenvalue weighted by Gasteiger charge is -2.18. The highest BCUT2D eigenvalue weighted by Gasteiger charge is 2.40. The van der Waals surface area contributed by atoms with Crippen molar-refractivity contribution in [3.8, 4) is 0 Å². The molecule has 0 unspecified atom stereocenters. The van der Waals surface area contributed by atoms with Crippen LogP contribution in [-0.4, -0.2) is 25.9 Å². The van der Waals surface area contributed by atoms with Crippen molar-refractivity contribution >= 4 is 34.4 Å². The Morgan fingerprint density at radius 1 is 0.788 bits per heavy atom. The van der Waals surface area contributed by atoms with Crippen LogP contribution in [0.5, 0.6) is 0 Å². The Kier molecular flexibility index (Phi) is 6.05. The topological polar surface area (TPSA) is 52.7 Å². The third-order valence-electron chi connectivity index (χ3n) is 5.90. The highest BCUT2D eigenvalue weighted by molar-refractivity contribution is 6.46. The van der Waals surface area contributed by atoms with E-state index in [0.29, 0.717) is 22.7 Å². The van der Waals surface area contributed by atoms with Gasteiger partial charge in [0.15, 0.2) is 0 Å². The minimum absolute atomic E-state index is 0.290. The largest absolute Gasteiger partial charge is 0.378 e. The van der Waals surface area contributed by atoms with Gasteiger partial charge in [0.05, 0.1) is 11.3 Å². The predicted molar refractivity (Wildman–Crippen MR) is 136 cm³/mol. The lowest BCUT2D eigenvalue weighted by molar-refractivity contribution is -0.120. The summed E-state index contributed by atoms with van der Waals surface area (Å²) in [7, 11) is 3.90. The van der Waals surface area contributed by atoms with Crippen molar-refractivity contribution in [1.82, 2.24) is 0 Å². The Hall–Kier alpha value is -3.86. The molecule has 5 nitrogen and oxygen atoms in total. The van der Waals surface area contributed by atoms with E-state index >= 15 is 0 Å². The van der Waals surface area contributed by atoms with E-state index in [9.17, 15) is 9.59 Å². The van der Waals surface area contributed by atoms with Gasteiger partial charge >= 0.3 is 0 Å². The zero-order valence-corrected chi connectivity index (χ0v) is 19.7. The molecule has 5 heteroatoms. The van der Waals surface area contributed by atoms with Gasteiger partial charge in [-0.2, -0.15) is 0 Å². The maximum atomic E-state index is 13.6. The third kappa shape index (κ3) is 4.40. The number of anilines is 3. The molecule has 0 atom stereocenters. The van der Waals surface area contributed by atoms with E-state index in [1.165, 1.54) is 10.5 Å². The average Bonchev–Trinajstić information content (AvgIpc) is 3.04. The Bertz CT molecular complexity index is 1210. The Balaban J connectivity index is 1.75. The van der Waals surface area contributed by atoms with E-state index in [1.807, 2.05) is 86.6 Å². The molecule has 1 heterocycles. The molecular weight excluding hydrogens is 410 g/mol. The van der Waals surface area contributed by atoms with Crippen LogP contribution in [0.4, 0.5) is 17.1 Å². The summed E-state index contributed by atoms with van der Waals surface area (Å²) in [6, 6.07) is 23.0. The minimum atomic E-state index is -0.360. The molecule has 168 valence electrons. The van der Waals surface area contributed by atoms with Crippen molar-refractivity contribution < 1.29 is 9.59 Å². The summed E-state index contributed by atoms with van der Waals surface area (Å²) >= 11 is 0. The summed E-state index contributed by atoms with van der Waals surface area (Å²) < 4.78 is 0. The zero-order valence-electron chi connectivity index (χ0n) is 19.7. The first-order chi connectivity index (χ1) is 15.8. The van der Waals surface area contributed by atoms with Gasteiger partial charge in [-0.1, -0.05) is 55.8 Å². The SMILES string of the molecule is Cc1ccc(C2=C(Nc3ccc(C(C)C)cc3)C(=O)N(c3ccc(N(C)C)cc3)C2=O)cc1. The van der Waals surface area contributed by atoms with Crippen LogP contribution in [0, 0.1) is 6.92 Å². The Labute approximate surface area is 195 Å². The van der Waals surface area contributed by atoms with Crippen molar-refractivity contribution in [3.63, 3.8) is 0 Å². The van der Waals surface area contributed by atoms with E-state index in [0.717, 1.165) is 16.9 Å². The summed E-state index contributed by atoms with van der Waals surface area (Å²) in [5.41, 5.74) is 6.00. The standard InChI is InChI=1S/C28H29N3O2/c1-18(2)20-10-12-22(13-11-20)29-26-25(21-8-6-19(3)7-9-21)27(32)31(28(26)33)24-16-14-23(15-17-24)30(4)5/h6-18,29H,1-5H3. The molecule has 0 aromatic heterocycles. The van der Waals surface area contributed by atoms with Gasteiger partial charge in [-0.25, -0.2) is 4.90 Å². The number of amides is 2. The molecule has 0 radical (unpaired) electrons. The quantitative estimate of drug-likeness (QED) is 0.510. The number of carbonyl (C=O) groups excluding carboxylic acids is 2. The predicted octanol–water partition coefficient (Wildman–Crippen LogP) is 5.58. The summed E-state index contributed by atoms with van der Waals surface area (Å²) in [6.07, 6.45) is 0. The number of rotatable bonds is 6. The fraction of sp³-hybridized carbons (Fsp3) is 0.214. The van der Waals surface area contributed by atoms with E-state index in [1.54, 1.807) is 12.1 Å². The molecule has 4 rings (SSSR count). The second-order valence-corrected chi connectivity index (χ2v) is 8.87. The van der Waals surface area contributed by atoms with E-state index in [2.05, 4.69) is 19.2 Å². The molecular formula is C28H29N3O2. The van der Waals surface area contributed by atoms with Gasteiger partial charge in [-0.05, 0) is 60.4 Å². The molecule has 3 aromatic rings. The fourth-order valence-electron chi connectivity index (χ4n) is 3.86. The number of aryl methyl sites for hydroxylation is 1. The summed E-state index contributed by atoms with van der Waals surface area (Å²) in [5.74, 6) is -0.277. The molecule has 1 aliphatic heterocycles. The molecule has 1 N–H and O–H groups in total. The van der Waals surface area contributed by atoms with Crippen LogP contribution in [0.15, 0.2) is 78.5 Å². The molecule has 3 aromatic carbocycles. The first-order valence-corrected chi connectivity index (χ1v) is 11.1. The number of imide groups is 1. The first kappa shape index (κ1) is 22.3. The summed E-state index contributed by atoms with van der Waals surface area (Å²) in [6.45, 7) is 6.27. The summed E-state index contributed by atoms with van der Waals surface area (Å²) in [5, 5.41) is 3.24. The molecule has 33 heavy (non-hydrogen) atoms. The zero-order chi connectivity index (χ0) is 23.7. The molecule has 1 aliphatic rings. The number of nitrogens with one attached hydrogen (secondary N) is 1. The van der Waals surface area contributed by atoms with Gasteiger partial charge in [0.2, 0.25) is 0 Å². The van der Waals surface area contributed by atoms with Crippen molar-refractivity contribution in [1.29, 1.82) is 0 Å². The summed E-state index contributed by atoms with van der Waals surface area (Å²) in [4.78, 5) is 30.3. The molecule has 2 amide bonds. The lowest BCUT2D eigenvalue weighted by atomic mass is 10.0. The van der Waals surface area contributed by atoms with Gasteiger partial charge in [-0.3, -0.25) is 9.59 Å². The second-order valence-electron chi connectivity index (χ2n) is 8.87. The number of hydrogen-bond donors (Lipinski definition) is 1. The highest BCUT2D eigenvalue weighted by Crippen LogP contribution is 2.34. The molecule has 0 saturated carbocycles. The maximum absolute atomic E-state index is 13.6. The van der Waals surface area contributed by atoms with E-state index < -0.39 is 0 Å². The van der Waals surface area contributed by atoms with Crippen LogP contribution in [0.2, 0.25) is 0 Å². The minimum Gasteiger partial charge on any atom is -0.378 e. The molecule has 0 saturated heterocycles. The van der Waals surface area contributed by atoms with E-state index in [4.69, 9.17) is 0 Å². The van der Waals surface area contributed by atoms with Crippen LogP contribution in [-0.2, 0) is 9.59 Å². The third-order valence-corrected chi connectivity index (χ3v) is 5.90. The van der Waals surface area contributed by atoms with Crippen molar-refractivity contribution in [2.45, 2.75) is 26.7 Å². The monoisotopic (exact) mass is 439 g/mol. The normalized spacial score (nSPS) is 13.8. The van der Waals surface area contributed by atoms with Gasteiger partial charge in [0.1, 0.15) is 5.70 Å².